The zero-order chi connectivity index (χ0) is 18.8. The maximum absolute atomic E-state index is 7.35. The number of fused-ring (bicyclic) bond motifs is 1. The lowest BCUT2D eigenvalue weighted by atomic mass is 10.1. The number of anilines is 2. The van der Waals surface area contributed by atoms with Crippen LogP contribution in [0.25, 0.3) is 21.7 Å². The first kappa shape index (κ1) is 16.5. The van der Waals surface area contributed by atoms with Gasteiger partial charge in [-0.15, -0.1) is 0 Å². The molecule has 1 unspecified atom stereocenters. The van der Waals surface area contributed by atoms with Crippen LogP contribution in [0.3, 0.4) is 0 Å². The molecule has 7 heteroatoms. The van der Waals surface area contributed by atoms with Crippen molar-refractivity contribution in [1.82, 2.24) is 19.4 Å². The summed E-state index contributed by atoms with van der Waals surface area (Å²) in [6, 6.07) is 13.9. The van der Waals surface area contributed by atoms with Gasteiger partial charge in [-0.3, -0.25) is 4.98 Å². The Morgan fingerprint density at radius 3 is 2.78 bits per heavy atom. The molecular formula is C20H17N7. The fraction of sp³-hybridized carbons (Fsp3) is 0.100. The highest BCUT2D eigenvalue weighted by Crippen LogP contribution is 2.35. The van der Waals surface area contributed by atoms with Crippen molar-refractivity contribution in [3.63, 3.8) is 0 Å². The summed E-state index contributed by atoms with van der Waals surface area (Å²) in [5, 5.41) is 3.30. The number of hydrogen-bond acceptors (Lipinski definition) is 5. The van der Waals surface area contributed by atoms with Gasteiger partial charge in [0.2, 0.25) is 0 Å². The summed E-state index contributed by atoms with van der Waals surface area (Å²) in [7, 11) is 0. The van der Waals surface area contributed by atoms with Gasteiger partial charge >= 0.3 is 0 Å². The second kappa shape index (κ2) is 6.77. The van der Waals surface area contributed by atoms with E-state index in [0.717, 1.165) is 22.5 Å². The lowest BCUT2D eigenvalue weighted by Crippen LogP contribution is -2.10. The molecule has 1 atom stereocenters. The van der Waals surface area contributed by atoms with E-state index in [4.69, 9.17) is 12.3 Å². The molecule has 4 rings (SSSR count). The molecule has 3 N–H and O–H groups in total. The molecule has 0 aromatic carbocycles. The number of nitrogens with two attached hydrogens (primary N) is 1. The highest BCUT2D eigenvalue weighted by atomic mass is 15.1. The molecule has 0 amide bonds. The van der Waals surface area contributed by atoms with Gasteiger partial charge < -0.3 is 15.5 Å². The first-order chi connectivity index (χ1) is 13.2. The van der Waals surface area contributed by atoms with Gasteiger partial charge in [-0.1, -0.05) is 12.1 Å². The Balaban J connectivity index is 1.82. The van der Waals surface area contributed by atoms with E-state index in [-0.39, 0.29) is 17.5 Å². The lowest BCUT2D eigenvalue weighted by Gasteiger charge is -2.17. The van der Waals surface area contributed by atoms with Crippen LogP contribution in [-0.2, 0) is 0 Å². The van der Waals surface area contributed by atoms with Crippen molar-refractivity contribution < 1.29 is 0 Å². The molecule has 132 valence electrons. The minimum absolute atomic E-state index is 0.128. The molecule has 4 aromatic heterocycles. The minimum atomic E-state index is -0.128. The van der Waals surface area contributed by atoms with Crippen molar-refractivity contribution in [2.75, 3.05) is 11.1 Å². The Morgan fingerprint density at radius 2 is 2.00 bits per heavy atom. The molecule has 0 bridgehead atoms. The second-order valence-corrected chi connectivity index (χ2v) is 6.09. The Morgan fingerprint density at radius 1 is 1.15 bits per heavy atom. The Labute approximate surface area is 156 Å². The molecule has 0 aliphatic heterocycles. The summed E-state index contributed by atoms with van der Waals surface area (Å²) in [6.45, 7) is 9.37. The van der Waals surface area contributed by atoms with E-state index in [0.29, 0.717) is 5.82 Å². The van der Waals surface area contributed by atoms with E-state index in [9.17, 15) is 0 Å². The molecular weight excluding hydrogens is 338 g/mol. The monoisotopic (exact) mass is 355 g/mol. The molecule has 4 aromatic rings. The molecule has 0 spiro atoms. The quantitative estimate of drug-likeness (QED) is 0.538. The standard InChI is InChI=1S/C20H17N7/c1-13(26-20-17(22-2)19(21)24-12-25-20)15-11-14-7-4-6-10-27(14)18(15)16-8-3-5-9-23-16/h3-13H,1H3,(H3,21,24,25,26). The first-order valence-corrected chi connectivity index (χ1v) is 8.45. The van der Waals surface area contributed by atoms with E-state index < -0.39 is 0 Å². The second-order valence-electron chi connectivity index (χ2n) is 6.09. The molecule has 27 heavy (non-hydrogen) atoms. The molecule has 0 aliphatic carbocycles. The summed E-state index contributed by atoms with van der Waals surface area (Å²) >= 11 is 0. The van der Waals surface area contributed by atoms with E-state index in [1.165, 1.54) is 6.33 Å². The van der Waals surface area contributed by atoms with Gasteiger partial charge in [-0.2, -0.15) is 0 Å². The highest BCUT2D eigenvalue weighted by Gasteiger charge is 2.20. The number of nitrogens with zero attached hydrogens (tertiary/aromatic N) is 5. The van der Waals surface area contributed by atoms with Crippen LogP contribution in [0.1, 0.15) is 18.5 Å². The number of rotatable bonds is 4. The van der Waals surface area contributed by atoms with Gasteiger partial charge in [0.1, 0.15) is 18.0 Å². The maximum atomic E-state index is 7.35. The van der Waals surface area contributed by atoms with Gasteiger partial charge in [-0.05, 0) is 37.3 Å². The summed E-state index contributed by atoms with van der Waals surface area (Å²) in [6.07, 6.45) is 5.15. The van der Waals surface area contributed by atoms with Crippen LogP contribution in [0, 0.1) is 6.57 Å². The van der Waals surface area contributed by atoms with Crippen molar-refractivity contribution >= 4 is 22.8 Å². The zero-order valence-electron chi connectivity index (χ0n) is 14.7. The van der Waals surface area contributed by atoms with Crippen LogP contribution in [-0.4, -0.2) is 19.4 Å². The smallest absolute Gasteiger partial charge is 0.268 e. The fourth-order valence-corrected chi connectivity index (χ4v) is 3.14. The normalized spacial score (nSPS) is 11.9. The zero-order valence-corrected chi connectivity index (χ0v) is 14.7. The van der Waals surface area contributed by atoms with E-state index in [1.807, 2.05) is 43.5 Å². The van der Waals surface area contributed by atoms with Gasteiger partial charge in [0.25, 0.3) is 5.69 Å². The average Bonchev–Trinajstić information content (AvgIpc) is 3.08. The topological polar surface area (TPSA) is 85.5 Å². The summed E-state index contributed by atoms with van der Waals surface area (Å²) < 4.78 is 2.11. The van der Waals surface area contributed by atoms with Crippen LogP contribution in [0.15, 0.2) is 61.2 Å². The molecule has 0 fully saturated rings. The molecule has 4 heterocycles. The molecule has 0 saturated heterocycles. The Bertz CT molecular complexity index is 1140. The largest absolute Gasteiger partial charge is 0.392 e. The third-order valence-electron chi connectivity index (χ3n) is 4.40. The third-order valence-corrected chi connectivity index (χ3v) is 4.40. The fourth-order valence-electron chi connectivity index (χ4n) is 3.14. The number of hydrogen-bond donors (Lipinski definition) is 2. The van der Waals surface area contributed by atoms with Gasteiger partial charge in [0.15, 0.2) is 0 Å². The SMILES string of the molecule is [C-]#[N+]c1c(N)ncnc1NC(C)c1cc2ccccn2c1-c1ccccn1. The van der Waals surface area contributed by atoms with E-state index in [1.54, 1.807) is 6.20 Å². The van der Waals surface area contributed by atoms with Crippen molar-refractivity contribution in [3.8, 4) is 11.4 Å². The van der Waals surface area contributed by atoms with Crippen molar-refractivity contribution in [2.45, 2.75) is 13.0 Å². The lowest BCUT2D eigenvalue weighted by molar-refractivity contribution is 0.874. The average molecular weight is 355 g/mol. The molecule has 0 radical (unpaired) electrons. The predicted octanol–water partition coefficient (Wildman–Crippen LogP) is 4.10. The summed E-state index contributed by atoms with van der Waals surface area (Å²) in [5.74, 6) is 0.592. The molecule has 0 saturated carbocycles. The van der Waals surface area contributed by atoms with E-state index >= 15 is 0 Å². The maximum Gasteiger partial charge on any atom is 0.268 e. The van der Waals surface area contributed by atoms with Gasteiger partial charge in [0, 0.05) is 23.5 Å². The molecule has 7 nitrogen and oxygen atoms in total. The Kier molecular flexibility index (Phi) is 4.15. The minimum Gasteiger partial charge on any atom is -0.392 e. The number of nitrogen functional groups attached to an aromatic ring is 1. The summed E-state index contributed by atoms with van der Waals surface area (Å²) in [5.41, 5.74) is 10.0. The number of aromatic nitrogens is 4. The first-order valence-electron chi connectivity index (χ1n) is 8.45. The van der Waals surface area contributed by atoms with Crippen LogP contribution in [0.4, 0.5) is 17.3 Å². The van der Waals surface area contributed by atoms with Crippen LogP contribution in [0.2, 0.25) is 0 Å². The number of nitrogens with one attached hydrogen (secondary N) is 1. The van der Waals surface area contributed by atoms with Gasteiger partial charge in [0.05, 0.1) is 24.0 Å². The van der Waals surface area contributed by atoms with E-state index in [2.05, 4.69) is 41.6 Å². The van der Waals surface area contributed by atoms with Crippen molar-refractivity contribution in [3.05, 3.63) is 78.2 Å². The van der Waals surface area contributed by atoms with Crippen LogP contribution < -0.4 is 11.1 Å². The molecule has 0 aliphatic rings. The van der Waals surface area contributed by atoms with Crippen molar-refractivity contribution in [2.24, 2.45) is 0 Å². The Hall–Kier alpha value is -3.92. The number of pyridine rings is 2. The highest BCUT2D eigenvalue weighted by molar-refractivity contribution is 5.77. The predicted molar refractivity (Wildman–Crippen MR) is 105 cm³/mol. The van der Waals surface area contributed by atoms with Crippen molar-refractivity contribution in [1.29, 1.82) is 0 Å². The van der Waals surface area contributed by atoms with Gasteiger partial charge in [-0.25, -0.2) is 14.8 Å². The van der Waals surface area contributed by atoms with Crippen LogP contribution >= 0.6 is 0 Å². The summed E-state index contributed by atoms with van der Waals surface area (Å²) in [4.78, 5) is 16.1. The van der Waals surface area contributed by atoms with Crippen LogP contribution in [0.5, 0.6) is 0 Å². The third kappa shape index (κ3) is 2.93.